The highest BCUT2D eigenvalue weighted by Crippen LogP contribution is 2.38. The number of fused-ring (bicyclic) bond motifs is 8. The molecule has 4 heteroatoms. The normalized spacial score (nSPS) is 12.1. The molecule has 7 aromatic rings. The van der Waals surface area contributed by atoms with E-state index in [2.05, 4.69) is 183 Å². The maximum absolute atomic E-state index is 5.40. The molecule has 52 heavy (non-hydrogen) atoms. The van der Waals surface area contributed by atoms with Crippen LogP contribution in [0.1, 0.15) is 45.0 Å². The molecule has 0 saturated heterocycles. The minimum absolute atomic E-state index is 0.887. The van der Waals surface area contributed by atoms with Crippen LogP contribution in [0.15, 0.2) is 121 Å². The van der Waals surface area contributed by atoms with Gasteiger partial charge in [0, 0.05) is 44.3 Å². The van der Waals surface area contributed by atoms with Crippen molar-refractivity contribution in [1.82, 2.24) is 19.9 Å². The number of nitrogens with zero attached hydrogens (tertiary/aromatic N) is 2. The van der Waals surface area contributed by atoms with E-state index in [0.29, 0.717) is 0 Å². The van der Waals surface area contributed by atoms with E-state index in [-0.39, 0.29) is 0 Å². The molecule has 0 atom stereocenters. The summed E-state index contributed by atoms with van der Waals surface area (Å²) in [5.74, 6) is 0. The van der Waals surface area contributed by atoms with Crippen molar-refractivity contribution in [2.24, 2.45) is 0 Å². The lowest BCUT2D eigenvalue weighted by Crippen LogP contribution is -1.91. The van der Waals surface area contributed by atoms with Crippen LogP contribution in [0, 0.1) is 27.7 Å². The topological polar surface area (TPSA) is 57.4 Å². The van der Waals surface area contributed by atoms with Gasteiger partial charge in [-0.2, -0.15) is 0 Å². The Bertz CT molecular complexity index is 2580. The van der Waals surface area contributed by atoms with E-state index in [0.717, 1.165) is 89.4 Å². The Balaban J connectivity index is 1.47. The average Bonchev–Trinajstić information content (AvgIpc) is 3.99. The molecule has 0 aliphatic carbocycles. The summed E-state index contributed by atoms with van der Waals surface area (Å²) in [5.41, 5.74) is 21.1. The lowest BCUT2D eigenvalue weighted by atomic mass is 10.0. The predicted molar refractivity (Wildman–Crippen MR) is 220 cm³/mol. The zero-order valence-corrected chi connectivity index (χ0v) is 29.8. The second-order valence-corrected chi connectivity index (χ2v) is 14.0. The fourth-order valence-corrected chi connectivity index (χ4v) is 7.30. The number of H-pyrrole nitrogens is 2. The van der Waals surface area contributed by atoms with Gasteiger partial charge in [0.25, 0.3) is 0 Å². The van der Waals surface area contributed by atoms with E-state index in [1.54, 1.807) is 0 Å². The molecule has 9 rings (SSSR count). The average molecular weight is 671 g/mol. The Morgan fingerprint density at radius 1 is 0.288 bits per heavy atom. The number of benzene rings is 4. The molecule has 0 fully saturated rings. The second-order valence-electron chi connectivity index (χ2n) is 14.0. The van der Waals surface area contributed by atoms with Gasteiger partial charge < -0.3 is 9.97 Å². The highest BCUT2D eigenvalue weighted by molar-refractivity contribution is 6.00. The molecule has 8 bridgehead atoms. The van der Waals surface area contributed by atoms with Gasteiger partial charge in [0.15, 0.2) is 0 Å². The van der Waals surface area contributed by atoms with Crippen molar-refractivity contribution in [1.29, 1.82) is 0 Å². The molecule has 4 nitrogen and oxygen atoms in total. The molecule has 0 unspecified atom stereocenters. The van der Waals surface area contributed by atoms with Crippen LogP contribution >= 0.6 is 0 Å². The van der Waals surface area contributed by atoms with Crippen LogP contribution in [0.4, 0.5) is 0 Å². The fraction of sp³-hybridized carbons (Fsp3) is 0.0833. The van der Waals surface area contributed by atoms with Crippen LogP contribution in [0.2, 0.25) is 0 Å². The van der Waals surface area contributed by atoms with Crippen molar-refractivity contribution < 1.29 is 0 Å². The van der Waals surface area contributed by atoms with E-state index in [1.165, 1.54) is 22.3 Å². The molecule has 4 aromatic carbocycles. The minimum atomic E-state index is 0.887. The highest BCUT2D eigenvalue weighted by atomic mass is 14.8. The van der Waals surface area contributed by atoms with Crippen molar-refractivity contribution in [2.75, 3.05) is 0 Å². The van der Waals surface area contributed by atoms with E-state index in [4.69, 9.17) is 9.97 Å². The van der Waals surface area contributed by atoms with E-state index >= 15 is 0 Å². The number of rotatable bonds is 4. The summed E-state index contributed by atoms with van der Waals surface area (Å²) < 4.78 is 0. The van der Waals surface area contributed by atoms with E-state index < -0.39 is 0 Å². The fourth-order valence-electron chi connectivity index (χ4n) is 7.30. The Morgan fingerprint density at radius 2 is 0.538 bits per heavy atom. The number of aryl methyl sites for hydroxylation is 4. The van der Waals surface area contributed by atoms with Crippen molar-refractivity contribution in [3.8, 4) is 44.5 Å². The summed E-state index contributed by atoms with van der Waals surface area (Å²) in [6.07, 6.45) is 8.57. The maximum atomic E-state index is 5.40. The van der Waals surface area contributed by atoms with E-state index in [9.17, 15) is 0 Å². The lowest BCUT2D eigenvalue weighted by Gasteiger charge is -2.08. The van der Waals surface area contributed by atoms with Crippen LogP contribution < -0.4 is 0 Å². The van der Waals surface area contributed by atoms with Gasteiger partial charge in [0.1, 0.15) is 0 Å². The summed E-state index contributed by atoms with van der Waals surface area (Å²) in [7, 11) is 0. The first-order valence-electron chi connectivity index (χ1n) is 17.8. The summed E-state index contributed by atoms with van der Waals surface area (Å²) >= 11 is 0. The Labute approximate surface area is 303 Å². The van der Waals surface area contributed by atoms with Crippen LogP contribution in [-0.4, -0.2) is 19.9 Å². The Morgan fingerprint density at radius 3 is 0.865 bits per heavy atom. The van der Waals surface area contributed by atoms with Crippen molar-refractivity contribution in [2.45, 2.75) is 27.7 Å². The molecule has 2 N–H and O–H groups in total. The van der Waals surface area contributed by atoms with E-state index in [1.807, 2.05) is 0 Å². The third kappa shape index (κ3) is 5.69. The predicted octanol–water partition coefficient (Wildman–Crippen LogP) is 12.6. The Hall–Kier alpha value is -6.52. The maximum Gasteiger partial charge on any atom is 0.0738 e. The molecular weight excluding hydrogens is 633 g/mol. The summed E-state index contributed by atoms with van der Waals surface area (Å²) in [5, 5.41) is 0. The molecule has 0 saturated carbocycles. The van der Waals surface area contributed by atoms with Crippen molar-refractivity contribution >= 4 is 46.4 Å². The number of nitrogens with one attached hydrogen (secondary N) is 2. The zero-order chi connectivity index (χ0) is 35.3. The molecule has 250 valence electrons. The highest BCUT2D eigenvalue weighted by Gasteiger charge is 2.19. The zero-order valence-electron chi connectivity index (χ0n) is 29.8. The summed E-state index contributed by atoms with van der Waals surface area (Å²) in [4.78, 5) is 18.5. The first-order valence-corrected chi connectivity index (χ1v) is 17.8. The van der Waals surface area contributed by atoms with Crippen molar-refractivity contribution in [3.05, 3.63) is 166 Å². The number of aromatic nitrogens is 4. The standard InChI is InChI=1S/C48H38N4/c1-29-5-13-33(14-6-29)45-37-21-23-39(49-37)46(34-15-7-30(2)8-16-34)41-25-27-43(51-41)48(36-19-11-32(4)12-20-36)44-28-26-42(52-44)47(40-24-22-38(45)50-40)35-17-9-31(3)10-18-35/h5-28,49-50H,1-4H3. The minimum Gasteiger partial charge on any atom is -0.354 e. The van der Waals surface area contributed by atoms with Crippen LogP contribution in [0.25, 0.3) is 90.9 Å². The summed E-state index contributed by atoms with van der Waals surface area (Å²) in [6, 6.07) is 43.6. The second kappa shape index (κ2) is 12.7. The molecule has 3 aromatic heterocycles. The largest absolute Gasteiger partial charge is 0.354 e. The number of aromatic amines is 2. The Kier molecular flexibility index (Phi) is 7.66. The molecule has 2 aliphatic rings. The van der Waals surface area contributed by atoms with Gasteiger partial charge in [-0.25, -0.2) is 9.97 Å². The molecular formula is C48H38N4. The van der Waals surface area contributed by atoms with Gasteiger partial charge in [-0.05, 0) is 98.5 Å². The third-order valence-corrected chi connectivity index (χ3v) is 10.1. The van der Waals surface area contributed by atoms with Crippen LogP contribution in [0.5, 0.6) is 0 Å². The first-order chi connectivity index (χ1) is 25.4. The van der Waals surface area contributed by atoms with Crippen LogP contribution in [0.3, 0.4) is 0 Å². The van der Waals surface area contributed by atoms with Crippen molar-refractivity contribution in [3.63, 3.8) is 0 Å². The molecule has 0 spiro atoms. The monoisotopic (exact) mass is 670 g/mol. The first kappa shape index (κ1) is 31.5. The molecule has 0 amide bonds. The lowest BCUT2D eigenvalue weighted by molar-refractivity contribution is 1.27. The van der Waals surface area contributed by atoms with Gasteiger partial charge >= 0.3 is 0 Å². The molecule has 2 aliphatic heterocycles. The van der Waals surface area contributed by atoms with Crippen LogP contribution in [-0.2, 0) is 0 Å². The molecule has 0 radical (unpaired) electrons. The smallest absolute Gasteiger partial charge is 0.0738 e. The SMILES string of the molecule is Cc1ccc(-c2c3nc(c(-c4ccc(C)cc4)c4ccc([nH]4)c(-c4ccc(C)cc4)c4ccc([nH]4)c(-c4ccc(C)cc4)c4nc2C=C4)C=C3)cc1. The number of hydrogen-bond acceptors (Lipinski definition) is 2. The third-order valence-electron chi connectivity index (χ3n) is 10.1. The summed E-state index contributed by atoms with van der Waals surface area (Å²) in [6.45, 7) is 8.49. The van der Waals surface area contributed by atoms with Gasteiger partial charge in [-0.15, -0.1) is 0 Å². The quantitative estimate of drug-likeness (QED) is 0.196. The van der Waals surface area contributed by atoms with Gasteiger partial charge in [0.05, 0.1) is 22.8 Å². The number of hydrogen-bond donors (Lipinski definition) is 2. The van der Waals surface area contributed by atoms with Gasteiger partial charge in [-0.3, -0.25) is 0 Å². The molecule has 5 heterocycles. The van der Waals surface area contributed by atoms with Gasteiger partial charge in [0.2, 0.25) is 0 Å². The van der Waals surface area contributed by atoms with Gasteiger partial charge in [-0.1, -0.05) is 119 Å².